The summed E-state index contributed by atoms with van der Waals surface area (Å²) < 4.78 is 0. The predicted molar refractivity (Wildman–Crippen MR) is 64.7 cm³/mol. The van der Waals surface area contributed by atoms with Crippen LogP contribution >= 0.6 is 0 Å². The predicted octanol–water partition coefficient (Wildman–Crippen LogP) is -0.212. The molecular formula is C12H13N3O4. The number of nitrogens with one attached hydrogen (secondary N) is 2. The van der Waals surface area contributed by atoms with Gasteiger partial charge in [0.05, 0.1) is 6.54 Å². The first kappa shape index (κ1) is 13.0. The van der Waals surface area contributed by atoms with Crippen LogP contribution in [0.25, 0.3) is 0 Å². The van der Waals surface area contributed by atoms with Crippen LogP contribution in [0.15, 0.2) is 18.3 Å². The molecule has 0 radical (unpaired) electrons. The Morgan fingerprint density at radius 1 is 1.37 bits per heavy atom. The molecule has 0 aromatic carbocycles. The molecule has 0 unspecified atom stereocenters. The molecule has 0 aliphatic heterocycles. The van der Waals surface area contributed by atoms with E-state index in [0.29, 0.717) is 0 Å². The van der Waals surface area contributed by atoms with Crippen molar-refractivity contribution in [1.29, 1.82) is 0 Å². The first-order valence-electron chi connectivity index (χ1n) is 5.83. The second-order valence-corrected chi connectivity index (χ2v) is 4.26. The Balaban J connectivity index is 1.89. The summed E-state index contributed by atoms with van der Waals surface area (Å²) in [7, 11) is 0. The van der Waals surface area contributed by atoms with Crippen LogP contribution in [0.1, 0.15) is 33.7 Å². The summed E-state index contributed by atoms with van der Waals surface area (Å²) in [6.07, 6.45) is 3.20. The van der Waals surface area contributed by atoms with Crippen molar-refractivity contribution < 1.29 is 19.5 Å². The number of pyridine rings is 1. The third-order valence-corrected chi connectivity index (χ3v) is 2.59. The van der Waals surface area contributed by atoms with Gasteiger partial charge in [-0.15, -0.1) is 0 Å². The smallest absolute Gasteiger partial charge is 0.354 e. The van der Waals surface area contributed by atoms with Crippen LogP contribution in [0.4, 0.5) is 0 Å². The molecule has 1 aliphatic rings. The molecule has 2 rings (SSSR count). The van der Waals surface area contributed by atoms with E-state index in [-0.39, 0.29) is 29.8 Å². The molecule has 7 heteroatoms. The first-order valence-corrected chi connectivity index (χ1v) is 5.83. The number of hydrogen-bond acceptors (Lipinski definition) is 4. The lowest BCUT2D eigenvalue weighted by atomic mass is 10.2. The highest BCUT2D eigenvalue weighted by Gasteiger charge is 2.23. The van der Waals surface area contributed by atoms with Gasteiger partial charge in [0, 0.05) is 17.8 Å². The molecule has 0 bridgehead atoms. The summed E-state index contributed by atoms with van der Waals surface area (Å²) in [6, 6.07) is 2.79. The zero-order chi connectivity index (χ0) is 13.8. The second kappa shape index (κ2) is 5.47. The Morgan fingerprint density at radius 2 is 2.11 bits per heavy atom. The number of carbonyl (C=O) groups excluding carboxylic acids is 2. The maximum absolute atomic E-state index is 11.7. The number of rotatable bonds is 5. The highest BCUT2D eigenvalue weighted by Crippen LogP contribution is 2.18. The van der Waals surface area contributed by atoms with Crippen LogP contribution in [-0.2, 0) is 4.79 Å². The van der Waals surface area contributed by atoms with Gasteiger partial charge in [-0.3, -0.25) is 9.59 Å². The highest BCUT2D eigenvalue weighted by atomic mass is 16.4. The van der Waals surface area contributed by atoms with Gasteiger partial charge in [0.15, 0.2) is 0 Å². The largest absolute Gasteiger partial charge is 0.477 e. The van der Waals surface area contributed by atoms with Crippen molar-refractivity contribution >= 4 is 17.8 Å². The maximum Gasteiger partial charge on any atom is 0.354 e. The van der Waals surface area contributed by atoms with E-state index in [4.69, 9.17) is 5.11 Å². The minimum Gasteiger partial charge on any atom is -0.477 e. The molecule has 2 amide bonds. The Labute approximate surface area is 109 Å². The van der Waals surface area contributed by atoms with Crippen molar-refractivity contribution in [3.8, 4) is 0 Å². The van der Waals surface area contributed by atoms with E-state index >= 15 is 0 Å². The summed E-state index contributed by atoms with van der Waals surface area (Å²) >= 11 is 0. The molecule has 19 heavy (non-hydrogen) atoms. The molecule has 1 fully saturated rings. The monoisotopic (exact) mass is 263 g/mol. The third-order valence-electron chi connectivity index (χ3n) is 2.59. The van der Waals surface area contributed by atoms with E-state index in [1.54, 1.807) is 0 Å². The average Bonchev–Trinajstić information content (AvgIpc) is 3.20. The van der Waals surface area contributed by atoms with Crippen LogP contribution < -0.4 is 10.6 Å². The number of aromatic nitrogens is 1. The van der Waals surface area contributed by atoms with Gasteiger partial charge >= 0.3 is 5.97 Å². The van der Waals surface area contributed by atoms with Gasteiger partial charge < -0.3 is 15.7 Å². The van der Waals surface area contributed by atoms with Crippen LogP contribution in [-0.4, -0.2) is 40.5 Å². The fourth-order valence-electron chi connectivity index (χ4n) is 1.46. The number of carboxylic acid groups (broad SMARTS) is 1. The zero-order valence-corrected chi connectivity index (χ0v) is 10.0. The zero-order valence-electron chi connectivity index (χ0n) is 10.0. The molecule has 100 valence electrons. The van der Waals surface area contributed by atoms with Gasteiger partial charge in [0.2, 0.25) is 5.91 Å². The lowest BCUT2D eigenvalue weighted by Crippen LogP contribution is -2.37. The van der Waals surface area contributed by atoms with E-state index in [9.17, 15) is 14.4 Å². The Kier molecular flexibility index (Phi) is 3.74. The van der Waals surface area contributed by atoms with Crippen molar-refractivity contribution in [3.63, 3.8) is 0 Å². The fraction of sp³-hybridized carbons (Fsp3) is 0.333. The average molecular weight is 263 g/mol. The van der Waals surface area contributed by atoms with Crippen molar-refractivity contribution in [2.45, 2.75) is 18.9 Å². The standard InChI is InChI=1S/C12H13N3O4/c16-10(15-8-1-2-8)6-14-11(17)7-3-4-13-9(5-7)12(18)19/h3-5,8H,1-2,6H2,(H,14,17)(H,15,16)(H,18,19). The summed E-state index contributed by atoms with van der Waals surface area (Å²) in [4.78, 5) is 37.4. The topological polar surface area (TPSA) is 108 Å². The maximum atomic E-state index is 11.7. The van der Waals surface area contributed by atoms with Crippen molar-refractivity contribution in [2.24, 2.45) is 0 Å². The Bertz CT molecular complexity index is 525. The van der Waals surface area contributed by atoms with Crippen molar-refractivity contribution in [1.82, 2.24) is 15.6 Å². The lowest BCUT2D eigenvalue weighted by molar-refractivity contribution is -0.120. The third kappa shape index (κ3) is 3.77. The second-order valence-electron chi connectivity index (χ2n) is 4.26. The van der Waals surface area contributed by atoms with Crippen LogP contribution in [0.5, 0.6) is 0 Å². The molecule has 0 saturated heterocycles. The number of carboxylic acids is 1. The molecule has 1 aliphatic carbocycles. The molecular weight excluding hydrogens is 250 g/mol. The lowest BCUT2D eigenvalue weighted by Gasteiger charge is -2.06. The minimum atomic E-state index is -1.21. The van der Waals surface area contributed by atoms with Crippen LogP contribution in [0.3, 0.4) is 0 Å². The van der Waals surface area contributed by atoms with E-state index in [1.165, 1.54) is 12.3 Å². The van der Waals surface area contributed by atoms with Gasteiger partial charge in [0.25, 0.3) is 5.91 Å². The summed E-state index contributed by atoms with van der Waals surface area (Å²) in [5, 5.41) is 13.9. The molecule has 1 aromatic rings. The van der Waals surface area contributed by atoms with E-state index in [1.807, 2.05) is 0 Å². The summed E-state index contributed by atoms with van der Waals surface area (Å²) in [5.74, 6) is -1.96. The number of aromatic carboxylic acids is 1. The SMILES string of the molecule is O=C(CNC(=O)c1ccnc(C(=O)O)c1)NC1CC1. The molecule has 1 heterocycles. The minimum absolute atomic E-state index is 0.125. The Hall–Kier alpha value is -2.44. The van der Waals surface area contributed by atoms with Crippen molar-refractivity contribution in [3.05, 3.63) is 29.6 Å². The van der Waals surface area contributed by atoms with Crippen LogP contribution in [0.2, 0.25) is 0 Å². The molecule has 1 saturated carbocycles. The van der Waals surface area contributed by atoms with E-state index < -0.39 is 11.9 Å². The quantitative estimate of drug-likeness (QED) is 0.681. The van der Waals surface area contributed by atoms with Gasteiger partial charge in [0.1, 0.15) is 5.69 Å². The van der Waals surface area contributed by atoms with E-state index in [2.05, 4.69) is 15.6 Å². The molecule has 7 nitrogen and oxygen atoms in total. The molecule has 0 spiro atoms. The van der Waals surface area contributed by atoms with Gasteiger partial charge in [-0.2, -0.15) is 0 Å². The Morgan fingerprint density at radius 3 is 2.74 bits per heavy atom. The van der Waals surface area contributed by atoms with Gasteiger partial charge in [-0.05, 0) is 25.0 Å². The van der Waals surface area contributed by atoms with Crippen LogP contribution in [0, 0.1) is 0 Å². The normalized spacial score (nSPS) is 13.7. The molecule has 0 atom stereocenters. The van der Waals surface area contributed by atoms with E-state index in [0.717, 1.165) is 18.9 Å². The summed E-state index contributed by atoms with van der Waals surface area (Å²) in [6.45, 7) is -0.125. The number of hydrogen-bond donors (Lipinski definition) is 3. The summed E-state index contributed by atoms with van der Waals surface area (Å²) in [5.41, 5.74) is -0.0540. The fourth-order valence-corrected chi connectivity index (χ4v) is 1.46. The number of amides is 2. The molecule has 3 N–H and O–H groups in total. The number of nitrogens with zero attached hydrogens (tertiary/aromatic N) is 1. The highest BCUT2D eigenvalue weighted by molar-refractivity contribution is 5.98. The van der Waals surface area contributed by atoms with Gasteiger partial charge in [-0.25, -0.2) is 9.78 Å². The van der Waals surface area contributed by atoms with Crippen molar-refractivity contribution in [2.75, 3.05) is 6.54 Å². The molecule has 1 aromatic heterocycles. The number of carbonyl (C=O) groups is 3. The first-order chi connectivity index (χ1) is 9.06. The van der Waals surface area contributed by atoms with Gasteiger partial charge in [-0.1, -0.05) is 0 Å².